The number of amides is 3. The second kappa shape index (κ2) is 11.1. The summed E-state index contributed by atoms with van der Waals surface area (Å²) in [6, 6.07) is 12.3. The fraction of sp³-hybridized carbons (Fsp3) is 0.407. The SMILES string of the molecule is CC(=O)Nc1ccc(-c2ccc(Cl)cc2)cc1C(=O)N1CCN(C(=O)CC(C)(C)CC(=O)O)C[C@@H]1C. The van der Waals surface area contributed by atoms with Gasteiger partial charge < -0.3 is 20.2 Å². The topological polar surface area (TPSA) is 107 Å². The number of hydrogen-bond acceptors (Lipinski definition) is 4. The smallest absolute Gasteiger partial charge is 0.303 e. The van der Waals surface area contributed by atoms with Gasteiger partial charge in [0, 0.05) is 44.0 Å². The quantitative estimate of drug-likeness (QED) is 0.565. The highest BCUT2D eigenvalue weighted by atomic mass is 35.5. The first-order valence-electron chi connectivity index (χ1n) is 11.8. The molecule has 0 radical (unpaired) electrons. The van der Waals surface area contributed by atoms with Crippen molar-refractivity contribution < 1.29 is 24.3 Å². The minimum Gasteiger partial charge on any atom is -0.481 e. The van der Waals surface area contributed by atoms with E-state index in [1.165, 1.54) is 6.92 Å². The van der Waals surface area contributed by atoms with E-state index < -0.39 is 11.4 Å². The molecule has 2 aromatic carbocycles. The molecule has 1 fully saturated rings. The normalized spacial score (nSPS) is 16.0. The van der Waals surface area contributed by atoms with Gasteiger partial charge in [-0.1, -0.05) is 43.6 Å². The van der Waals surface area contributed by atoms with E-state index in [-0.39, 0.29) is 36.6 Å². The Hall–Kier alpha value is -3.39. The zero-order chi connectivity index (χ0) is 26.6. The molecule has 2 N–H and O–H groups in total. The number of carboxylic acid groups (broad SMARTS) is 1. The number of halogens is 1. The van der Waals surface area contributed by atoms with Crippen LogP contribution in [-0.4, -0.2) is 64.3 Å². The first-order valence-corrected chi connectivity index (χ1v) is 12.2. The van der Waals surface area contributed by atoms with Crippen LogP contribution in [0.15, 0.2) is 42.5 Å². The zero-order valence-corrected chi connectivity index (χ0v) is 21.8. The fourth-order valence-corrected chi connectivity index (χ4v) is 4.60. The number of rotatable bonds is 7. The molecule has 192 valence electrons. The van der Waals surface area contributed by atoms with Gasteiger partial charge in [0.15, 0.2) is 0 Å². The number of carbonyl (C=O) groups is 4. The predicted molar refractivity (Wildman–Crippen MR) is 139 cm³/mol. The fourth-order valence-electron chi connectivity index (χ4n) is 4.48. The highest BCUT2D eigenvalue weighted by Crippen LogP contribution is 2.30. The lowest BCUT2D eigenvalue weighted by Gasteiger charge is -2.41. The van der Waals surface area contributed by atoms with Crippen molar-refractivity contribution in [2.24, 2.45) is 5.41 Å². The Labute approximate surface area is 216 Å². The molecular weight excluding hydrogens is 482 g/mol. The van der Waals surface area contributed by atoms with Crippen LogP contribution in [0.3, 0.4) is 0 Å². The van der Waals surface area contributed by atoms with E-state index in [9.17, 15) is 19.2 Å². The van der Waals surface area contributed by atoms with Gasteiger partial charge in [0.25, 0.3) is 5.91 Å². The Balaban J connectivity index is 1.80. The second-order valence-electron chi connectivity index (χ2n) is 10.0. The molecule has 0 saturated carbocycles. The van der Waals surface area contributed by atoms with Crippen molar-refractivity contribution in [1.29, 1.82) is 0 Å². The van der Waals surface area contributed by atoms with Crippen molar-refractivity contribution in [3.8, 4) is 11.1 Å². The lowest BCUT2D eigenvalue weighted by atomic mass is 9.85. The highest BCUT2D eigenvalue weighted by Gasteiger charge is 2.34. The van der Waals surface area contributed by atoms with Crippen molar-refractivity contribution in [2.45, 2.75) is 46.6 Å². The molecule has 3 amide bonds. The number of hydrogen-bond donors (Lipinski definition) is 2. The van der Waals surface area contributed by atoms with Crippen LogP contribution < -0.4 is 5.32 Å². The second-order valence-corrected chi connectivity index (χ2v) is 10.5. The monoisotopic (exact) mass is 513 g/mol. The molecule has 2 aromatic rings. The summed E-state index contributed by atoms with van der Waals surface area (Å²) in [7, 11) is 0. The maximum absolute atomic E-state index is 13.7. The molecule has 0 unspecified atom stereocenters. The van der Waals surface area contributed by atoms with Crippen molar-refractivity contribution in [2.75, 3.05) is 25.0 Å². The summed E-state index contributed by atoms with van der Waals surface area (Å²) in [6.45, 7) is 7.82. The minimum atomic E-state index is -0.938. The van der Waals surface area contributed by atoms with Crippen molar-refractivity contribution in [3.05, 3.63) is 53.1 Å². The summed E-state index contributed by atoms with van der Waals surface area (Å²) in [5.74, 6) is -1.58. The van der Waals surface area contributed by atoms with E-state index in [0.717, 1.165) is 11.1 Å². The summed E-state index contributed by atoms with van der Waals surface area (Å²) >= 11 is 6.01. The molecule has 0 bridgehead atoms. The largest absolute Gasteiger partial charge is 0.481 e. The van der Waals surface area contributed by atoms with Gasteiger partial charge in [-0.3, -0.25) is 19.2 Å². The van der Waals surface area contributed by atoms with Gasteiger partial charge in [0.2, 0.25) is 11.8 Å². The number of carboxylic acids is 1. The summed E-state index contributed by atoms with van der Waals surface area (Å²) in [4.78, 5) is 52.8. The predicted octanol–water partition coefficient (Wildman–Crippen LogP) is 4.53. The molecule has 3 rings (SSSR count). The van der Waals surface area contributed by atoms with Crippen LogP contribution in [0, 0.1) is 5.41 Å². The first-order chi connectivity index (χ1) is 16.9. The number of nitrogens with one attached hydrogen (secondary N) is 1. The zero-order valence-electron chi connectivity index (χ0n) is 21.0. The Morgan fingerprint density at radius 2 is 1.67 bits per heavy atom. The highest BCUT2D eigenvalue weighted by molar-refractivity contribution is 6.30. The van der Waals surface area contributed by atoms with Crippen molar-refractivity contribution in [1.82, 2.24) is 9.80 Å². The van der Waals surface area contributed by atoms with E-state index in [2.05, 4.69) is 5.32 Å². The van der Waals surface area contributed by atoms with Crippen molar-refractivity contribution >= 4 is 41.0 Å². The Kier molecular flexibility index (Phi) is 8.40. The molecular formula is C27H32ClN3O5. The lowest BCUT2D eigenvalue weighted by Crippen LogP contribution is -2.55. The molecule has 1 aliphatic rings. The molecule has 1 heterocycles. The Bertz CT molecular complexity index is 1160. The Morgan fingerprint density at radius 1 is 1.03 bits per heavy atom. The third-order valence-corrected chi connectivity index (χ3v) is 6.49. The van der Waals surface area contributed by atoms with Crippen LogP contribution in [0.25, 0.3) is 11.1 Å². The maximum atomic E-state index is 13.7. The number of benzene rings is 2. The molecule has 0 spiro atoms. The van der Waals surface area contributed by atoms with Crippen molar-refractivity contribution in [3.63, 3.8) is 0 Å². The molecule has 36 heavy (non-hydrogen) atoms. The third kappa shape index (κ3) is 6.85. The molecule has 1 aliphatic heterocycles. The van der Waals surface area contributed by atoms with Crippen LogP contribution in [0.1, 0.15) is 50.9 Å². The average Bonchev–Trinajstić information content (AvgIpc) is 2.78. The van der Waals surface area contributed by atoms with Crippen LogP contribution in [0.4, 0.5) is 5.69 Å². The molecule has 1 saturated heterocycles. The van der Waals surface area contributed by atoms with E-state index in [0.29, 0.717) is 35.9 Å². The van der Waals surface area contributed by atoms with Crippen LogP contribution >= 0.6 is 11.6 Å². The summed E-state index contributed by atoms with van der Waals surface area (Å²) in [6.07, 6.45) is 0.0262. The lowest BCUT2D eigenvalue weighted by molar-refractivity contribution is -0.141. The van der Waals surface area contributed by atoms with Gasteiger partial charge in [-0.05, 0) is 47.7 Å². The summed E-state index contributed by atoms with van der Waals surface area (Å²) in [5, 5.41) is 12.5. The van der Waals surface area contributed by atoms with Crippen LogP contribution in [0.2, 0.25) is 5.02 Å². The van der Waals surface area contributed by atoms with Gasteiger partial charge in [0.05, 0.1) is 17.7 Å². The molecule has 0 aliphatic carbocycles. The van der Waals surface area contributed by atoms with E-state index in [4.69, 9.17) is 16.7 Å². The first kappa shape index (κ1) is 27.2. The van der Waals surface area contributed by atoms with E-state index >= 15 is 0 Å². The van der Waals surface area contributed by atoms with Gasteiger partial charge in [-0.25, -0.2) is 0 Å². The number of carbonyl (C=O) groups excluding carboxylic acids is 3. The van der Waals surface area contributed by atoms with Crippen LogP contribution in [0.5, 0.6) is 0 Å². The number of aliphatic carboxylic acids is 1. The van der Waals surface area contributed by atoms with Gasteiger partial charge in [-0.2, -0.15) is 0 Å². The standard InChI is InChI=1S/C27H32ClN3O5/c1-17-16-30(24(33)14-27(3,4)15-25(34)35)11-12-31(17)26(36)22-13-20(7-10-23(22)29-18(2)32)19-5-8-21(28)9-6-19/h5-10,13,17H,11-12,14-16H2,1-4H3,(H,29,32)(H,34,35)/t17-/m0/s1. The average molecular weight is 514 g/mol. The summed E-state index contributed by atoms with van der Waals surface area (Å²) < 4.78 is 0. The maximum Gasteiger partial charge on any atom is 0.303 e. The van der Waals surface area contributed by atoms with Gasteiger partial charge >= 0.3 is 5.97 Å². The molecule has 9 heteroatoms. The minimum absolute atomic E-state index is 0.0946. The Morgan fingerprint density at radius 3 is 2.25 bits per heavy atom. The molecule has 1 atom stereocenters. The molecule has 8 nitrogen and oxygen atoms in total. The third-order valence-electron chi connectivity index (χ3n) is 6.24. The number of anilines is 1. The van der Waals surface area contributed by atoms with Gasteiger partial charge in [-0.15, -0.1) is 0 Å². The number of nitrogens with zero attached hydrogens (tertiary/aromatic N) is 2. The summed E-state index contributed by atoms with van der Waals surface area (Å²) in [5.41, 5.74) is 1.83. The molecule has 0 aromatic heterocycles. The van der Waals surface area contributed by atoms with Gasteiger partial charge in [0.1, 0.15) is 0 Å². The van der Waals surface area contributed by atoms with Crippen LogP contribution in [-0.2, 0) is 14.4 Å². The number of piperazine rings is 1. The van der Waals surface area contributed by atoms with E-state index in [1.54, 1.807) is 47.9 Å². The van der Waals surface area contributed by atoms with E-state index in [1.807, 2.05) is 25.1 Å².